The Balaban J connectivity index is 1.95. The van der Waals surface area contributed by atoms with E-state index in [1.807, 2.05) is 30.0 Å². The third-order valence-electron chi connectivity index (χ3n) is 4.01. The summed E-state index contributed by atoms with van der Waals surface area (Å²) >= 11 is 0. The first-order valence-corrected chi connectivity index (χ1v) is 7.18. The maximum absolute atomic E-state index is 12.5. The summed E-state index contributed by atoms with van der Waals surface area (Å²) in [6, 6.07) is 10.7. The van der Waals surface area contributed by atoms with Crippen molar-refractivity contribution in [3.63, 3.8) is 0 Å². The van der Waals surface area contributed by atoms with Crippen LogP contribution in [0.3, 0.4) is 0 Å². The van der Waals surface area contributed by atoms with Crippen LogP contribution in [0, 0.1) is 5.92 Å². The average molecular weight is 260 g/mol. The average Bonchev–Trinajstić information content (AvgIpc) is 2.39. The van der Waals surface area contributed by atoms with E-state index in [9.17, 15) is 4.79 Å². The van der Waals surface area contributed by atoms with Gasteiger partial charge in [-0.05, 0) is 31.7 Å². The lowest BCUT2D eigenvalue weighted by Gasteiger charge is -2.38. The van der Waals surface area contributed by atoms with Crippen LogP contribution in [0.15, 0.2) is 30.3 Å². The third-order valence-corrected chi connectivity index (χ3v) is 4.01. The molecule has 1 saturated heterocycles. The maximum Gasteiger partial charge on any atom is 0.225 e. The minimum absolute atomic E-state index is 0.0409. The summed E-state index contributed by atoms with van der Waals surface area (Å²) in [5.74, 6) is 0.308. The zero-order valence-electron chi connectivity index (χ0n) is 11.9. The smallest absolute Gasteiger partial charge is 0.225 e. The van der Waals surface area contributed by atoms with Crippen molar-refractivity contribution in [3.8, 4) is 0 Å². The summed E-state index contributed by atoms with van der Waals surface area (Å²) in [7, 11) is 0. The Morgan fingerprint density at radius 1 is 1.42 bits per heavy atom. The van der Waals surface area contributed by atoms with Gasteiger partial charge >= 0.3 is 0 Å². The van der Waals surface area contributed by atoms with Gasteiger partial charge in [-0.15, -0.1) is 0 Å². The van der Waals surface area contributed by atoms with Crippen LogP contribution in [0.2, 0.25) is 0 Å². The number of nitrogens with two attached hydrogens (primary N) is 1. The first-order valence-electron chi connectivity index (χ1n) is 7.18. The number of nitrogens with zero attached hydrogens (tertiary/aromatic N) is 1. The molecule has 1 amide bonds. The van der Waals surface area contributed by atoms with Gasteiger partial charge < -0.3 is 10.6 Å². The van der Waals surface area contributed by atoms with Gasteiger partial charge in [0.15, 0.2) is 0 Å². The van der Waals surface area contributed by atoms with Gasteiger partial charge in [-0.25, -0.2) is 0 Å². The van der Waals surface area contributed by atoms with E-state index in [2.05, 4.69) is 19.1 Å². The molecule has 3 atom stereocenters. The van der Waals surface area contributed by atoms with Gasteiger partial charge in [0.25, 0.3) is 0 Å². The first kappa shape index (κ1) is 14.1. The van der Waals surface area contributed by atoms with Gasteiger partial charge in [0.1, 0.15) is 0 Å². The molecule has 0 saturated carbocycles. The number of amides is 1. The van der Waals surface area contributed by atoms with Gasteiger partial charge in [0.05, 0.1) is 0 Å². The molecule has 1 aromatic rings. The van der Waals surface area contributed by atoms with Crippen molar-refractivity contribution >= 4 is 5.91 Å². The van der Waals surface area contributed by atoms with E-state index in [1.165, 1.54) is 5.56 Å². The lowest BCUT2D eigenvalue weighted by atomic mass is 9.94. The fourth-order valence-corrected chi connectivity index (χ4v) is 2.87. The number of rotatable bonds is 3. The quantitative estimate of drug-likeness (QED) is 0.905. The molecule has 19 heavy (non-hydrogen) atoms. The maximum atomic E-state index is 12.5. The normalized spacial score (nSPS) is 25.1. The minimum Gasteiger partial charge on any atom is -0.340 e. The zero-order valence-corrected chi connectivity index (χ0v) is 11.9. The Kier molecular flexibility index (Phi) is 4.59. The van der Waals surface area contributed by atoms with Gasteiger partial charge in [0.2, 0.25) is 5.91 Å². The molecule has 1 aromatic carbocycles. The van der Waals surface area contributed by atoms with Crippen LogP contribution < -0.4 is 5.73 Å². The molecule has 3 nitrogen and oxygen atoms in total. The Morgan fingerprint density at radius 2 is 2.11 bits per heavy atom. The van der Waals surface area contributed by atoms with Crippen molar-refractivity contribution in [2.75, 3.05) is 6.54 Å². The van der Waals surface area contributed by atoms with Crippen LogP contribution in [0.4, 0.5) is 0 Å². The first-order chi connectivity index (χ1) is 9.08. The number of carbonyl (C=O) groups is 1. The van der Waals surface area contributed by atoms with E-state index in [4.69, 9.17) is 5.73 Å². The molecule has 0 aliphatic carbocycles. The number of piperidine rings is 1. The number of carbonyl (C=O) groups excluding carboxylic acids is 1. The zero-order chi connectivity index (χ0) is 13.8. The molecule has 2 rings (SSSR count). The van der Waals surface area contributed by atoms with Gasteiger partial charge in [-0.2, -0.15) is 0 Å². The van der Waals surface area contributed by atoms with Crippen LogP contribution in [0.25, 0.3) is 0 Å². The van der Waals surface area contributed by atoms with Crippen molar-refractivity contribution in [2.24, 2.45) is 11.7 Å². The lowest BCUT2D eigenvalue weighted by Crippen LogP contribution is -2.50. The minimum atomic E-state index is 0.0409. The monoisotopic (exact) mass is 260 g/mol. The number of hydrogen-bond acceptors (Lipinski definition) is 2. The summed E-state index contributed by atoms with van der Waals surface area (Å²) in [5, 5.41) is 0. The molecule has 1 aliphatic heterocycles. The van der Waals surface area contributed by atoms with Crippen LogP contribution in [-0.4, -0.2) is 29.4 Å². The van der Waals surface area contributed by atoms with Crippen LogP contribution >= 0.6 is 0 Å². The topological polar surface area (TPSA) is 46.3 Å². The molecule has 3 heteroatoms. The van der Waals surface area contributed by atoms with Crippen molar-refractivity contribution in [1.29, 1.82) is 0 Å². The lowest BCUT2D eigenvalue weighted by molar-refractivity contribution is -0.138. The highest BCUT2D eigenvalue weighted by Gasteiger charge is 2.29. The molecule has 0 bridgehead atoms. The second-order valence-corrected chi connectivity index (χ2v) is 5.76. The van der Waals surface area contributed by atoms with E-state index in [-0.39, 0.29) is 23.9 Å². The van der Waals surface area contributed by atoms with Crippen molar-refractivity contribution < 1.29 is 4.79 Å². The Morgan fingerprint density at radius 3 is 2.74 bits per heavy atom. The Hall–Kier alpha value is -1.35. The van der Waals surface area contributed by atoms with E-state index in [0.29, 0.717) is 0 Å². The predicted molar refractivity (Wildman–Crippen MR) is 77.7 cm³/mol. The van der Waals surface area contributed by atoms with Gasteiger partial charge in [0, 0.05) is 24.5 Å². The highest BCUT2D eigenvalue weighted by Crippen LogP contribution is 2.20. The summed E-state index contributed by atoms with van der Waals surface area (Å²) in [4.78, 5) is 14.5. The second kappa shape index (κ2) is 6.20. The predicted octanol–water partition coefficient (Wildman–Crippen LogP) is 2.20. The number of benzene rings is 1. The molecule has 0 spiro atoms. The standard InChI is InChI=1S/C16H24N2O/c1-12(10-14-6-4-3-5-7-14)16(19)18-9-8-15(17)11-13(18)2/h3-7,12-13,15H,8-11,17H2,1-2H3/t12-,13-,15-/m1/s1. The van der Waals surface area contributed by atoms with Crippen molar-refractivity contribution in [2.45, 2.75) is 45.2 Å². The third kappa shape index (κ3) is 3.57. The van der Waals surface area contributed by atoms with E-state index >= 15 is 0 Å². The molecule has 1 heterocycles. The number of hydrogen-bond donors (Lipinski definition) is 1. The van der Waals surface area contributed by atoms with Crippen LogP contribution in [-0.2, 0) is 11.2 Å². The number of likely N-dealkylation sites (tertiary alicyclic amines) is 1. The van der Waals surface area contributed by atoms with E-state index < -0.39 is 0 Å². The molecule has 1 aliphatic rings. The van der Waals surface area contributed by atoms with Gasteiger partial charge in [-0.3, -0.25) is 4.79 Å². The van der Waals surface area contributed by atoms with Gasteiger partial charge in [-0.1, -0.05) is 37.3 Å². The second-order valence-electron chi connectivity index (χ2n) is 5.76. The van der Waals surface area contributed by atoms with E-state index in [1.54, 1.807) is 0 Å². The largest absolute Gasteiger partial charge is 0.340 e. The molecule has 2 N–H and O–H groups in total. The summed E-state index contributed by atoms with van der Waals surface area (Å²) in [5.41, 5.74) is 7.18. The van der Waals surface area contributed by atoms with Crippen LogP contribution in [0.1, 0.15) is 32.3 Å². The molecule has 0 aromatic heterocycles. The fourth-order valence-electron chi connectivity index (χ4n) is 2.87. The van der Waals surface area contributed by atoms with E-state index in [0.717, 1.165) is 25.8 Å². The summed E-state index contributed by atoms with van der Waals surface area (Å²) < 4.78 is 0. The molecule has 0 radical (unpaired) electrons. The summed E-state index contributed by atoms with van der Waals surface area (Å²) in [6.45, 7) is 4.93. The highest BCUT2D eigenvalue weighted by molar-refractivity contribution is 5.79. The Labute approximate surface area is 115 Å². The SMILES string of the molecule is C[C@H](Cc1ccccc1)C(=O)N1CC[C@@H](N)C[C@H]1C. The Bertz CT molecular complexity index is 418. The summed E-state index contributed by atoms with van der Waals surface area (Å²) in [6.07, 6.45) is 2.66. The fraction of sp³-hybridized carbons (Fsp3) is 0.562. The van der Waals surface area contributed by atoms with Crippen LogP contribution in [0.5, 0.6) is 0 Å². The van der Waals surface area contributed by atoms with Crippen molar-refractivity contribution in [3.05, 3.63) is 35.9 Å². The molecule has 0 unspecified atom stereocenters. The molecular formula is C16H24N2O. The molecule has 104 valence electrons. The van der Waals surface area contributed by atoms with Crippen molar-refractivity contribution in [1.82, 2.24) is 4.90 Å². The molecule has 1 fully saturated rings. The highest BCUT2D eigenvalue weighted by atomic mass is 16.2. The molecular weight excluding hydrogens is 236 g/mol.